The number of rotatable bonds is 20. The Labute approximate surface area is 230 Å². The maximum Gasteiger partial charge on any atom is 0.0425 e. The summed E-state index contributed by atoms with van der Waals surface area (Å²) < 4.78 is 5.51. The van der Waals surface area contributed by atoms with Gasteiger partial charge < -0.3 is 0 Å². The first-order valence-corrected chi connectivity index (χ1v) is 16.7. The minimum atomic E-state index is -1.15. The molecule has 0 heterocycles. The average molecular weight is 524 g/mol. The van der Waals surface area contributed by atoms with Gasteiger partial charge in [0.25, 0.3) is 0 Å². The summed E-state index contributed by atoms with van der Waals surface area (Å²) in [5, 5.41) is 0. The van der Waals surface area contributed by atoms with E-state index in [9.17, 15) is 0 Å². The number of hydrogen-bond acceptors (Lipinski definition) is 1. The smallest absolute Gasteiger partial charge is 0.0425 e. The Hall–Kier alpha value is -0.0957. The van der Waals surface area contributed by atoms with Gasteiger partial charge in [0.1, 0.15) is 0 Å². The average Bonchev–Trinajstić information content (AvgIpc) is 3.33. The van der Waals surface area contributed by atoms with Gasteiger partial charge >= 0.3 is 0 Å². The maximum atomic E-state index is 5.51. The molecule has 0 atom stereocenters. The van der Waals surface area contributed by atoms with Crippen molar-refractivity contribution in [2.24, 2.45) is 4.74 Å². The quantitative estimate of drug-likeness (QED) is 0.0651. The second-order valence-electron chi connectivity index (χ2n) is 9.64. The third-order valence-corrected chi connectivity index (χ3v) is 10.5. The van der Waals surface area contributed by atoms with Crippen molar-refractivity contribution in [1.29, 1.82) is 0 Å². The van der Waals surface area contributed by atoms with Crippen molar-refractivity contribution in [3.05, 3.63) is 48.7 Å². The van der Waals surface area contributed by atoms with E-state index in [1.807, 2.05) is 12.2 Å². The molecule has 0 aromatic heterocycles. The monoisotopic (exact) mass is 523 g/mol. The standard InChI is InChI=1S/C23H44NP.C8H14.Ti/c1-4-7-10-15-20-25(21-16-11-8-5-2,22-17-12-9-6-3)24-23-18-13-14-19-23;1-3-5-7-8-6-4-2;/h13-14,18H,4-12,15-17,19-22H2,1-3H3;3,5,7H,1,4,6,8H2,2H3;. The Morgan fingerprint density at radius 2 is 1.26 bits per heavy atom. The van der Waals surface area contributed by atoms with Crippen LogP contribution < -0.4 is 0 Å². The van der Waals surface area contributed by atoms with Crippen LogP contribution >= 0.6 is 7.05 Å². The Kier molecular flexibility index (Phi) is 29.2. The van der Waals surface area contributed by atoms with Crippen LogP contribution in [0.5, 0.6) is 0 Å². The van der Waals surface area contributed by atoms with E-state index in [0.29, 0.717) is 0 Å². The molecule has 34 heavy (non-hydrogen) atoms. The molecule has 1 rings (SSSR count). The largest absolute Gasteiger partial charge is 0.272 e. The van der Waals surface area contributed by atoms with E-state index in [0.717, 1.165) is 6.42 Å². The molecule has 1 aliphatic rings. The van der Waals surface area contributed by atoms with Gasteiger partial charge in [0.15, 0.2) is 0 Å². The van der Waals surface area contributed by atoms with E-state index in [1.54, 1.807) is 0 Å². The van der Waals surface area contributed by atoms with Crippen LogP contribution in [0.2, 0.25) is 0 Å². The van der Waals surface area contributed by atoms with Gasteiger partial charge in [-0.15, -0.1) is 0 Å². The predicted molar refractivity (Wildman–Crippen MR) is 157 cm³/mol. The van der Waals surface area contributed by atoms with E-state index >= 15 is 0 Å². The van der Waals surface area contributed by atoms with Gasteiger partial charge in [0.05, 0.1) is 0 Å². The first-order chi connectivity index (χ1) is 16.2. The van der Waals surface area contributed by atoms with Gasteiger partial charge in [-0.25, -0.2) is 0 Å². The second kappa shape index (κ2) is 27.5. The topological polar surface area (TPSA) is 12.4 Å². The predicted octanol–water partition coefficient (Wildman–Crippen LogP) is 11.7. The number of allylic oxidation sites excluding steroid dienone is 6. The molecule has 0 radical (unpaired) electrons. The summed E-state index contributed by atoms with van der Waals surface area (Å²) in [5.41, 5.74) is 1.38. The zero-order valence-corrected chi connectivity index (χ0v) is 26.0. The Balaban J connectivity index is 0. The summed E-state index contributed by atoms with van der Waals surface area (Å²) in [6, 6.07) is 0. The zero-order valence-electron chi connectivity index (χ0n) is 23.5. The summed E-state index contributed by atoms with van der Waals surface area (Å²) in [4.78, 5) is 0. The molecule has 0 saturated heterocycles. The SMILES string of the molecule is C=CC=CCCCC.CCCCCCP(CCCCCC)(CCCCCC)=NC1=CC=CC1.[Ti]. The fourth-order valence-corrected chi connectivity index (χ4v) is 8.38. The Bertz CT molecular complexity index is 550. The van der Waals surface area contributed by atoms with Gasteiger partial charge in [0, 0.05) is 33.8 Å². The van der Waals surface area contributed by atoms with Crippen LogP contribution in [0.15, 0.2) is 53.5 Å². The van der Waals surface area contributed by atoms with Crippen molar-refractivity contribution in [3.63, 3.8) is 0 Å². The fraction of sp³-hybridized carbons (Fsp3) is 0.742. The minimum absolute atomic E-state index is 0. The molecule has 0 unspecified atom stereocenters. The molecule has 0 aliphatic heterocycles. The van der Waals surface area contributed by atoms with Gasteiger partial charge in [-0.05, 0) is 57.3 Å². The maximum absolute atomic E-state index is 5.51. The van der Waals surface area contributed by atoms with E-state index in [4.69, 9.17) is 4.74 Å². The Morgan fingerprint density at radius 3 is 1.65 bits per heavy atom. The third kappa shape index (κ3) is 21.2. The zero-order chi connectivity index (χ0) is 24.5. The van der Waals surface area contributed by atoms with Gasteiger partial charge in [0.2, 0.25) is 0 Å². The van der Waals surface area contributed by atoms with E-state index in [2.05, 4.69) is 58.6 Å². The summed E-state index contributed by atoms with van der Waals surface area (Å²) >= 11 is 0. The fourth-order valence-electron chi connectivity index (χ4n) is 4.28. The number of unbranched alkanes of at least 4 members (excludes halogenated alkanes) is 11. The van der Waals surface area contributed by atoms with Crippen LogP contribution in [-0.2, 0) is 21.7 Å². The van der Waals surface area contributed by atoms with E-state index < -0.39 is 7.05 Å². The second-order valence-corrected chi connectivity index (χ2v) is 13.4. The Morgan fingerprint density at radius 1 is 0.765 bits per heavy atom. The number of hydrogen-bond donors (Lipinski definition) is 0. The first-order valence-electron chi connectivity index (χ1n) is 14.4. The molecular formula is C31H58NPTi. The molecule has 0 aromatic rings. The molecule has 1 nitrogen and oxygen atoms in total. The molecular weight excluding hydrogens is 465 g/mol. The number of nitrogens with zero attached hydrogens (tertiary/aromatic N) is 1. The van der Waals surface area contributed by atoms with E-state index in [-0.39, 0.29) is 21.7 Å². The van der Waals surface area contributed by atoms with Crippen molar-refractivity contribution in [2.45, 2.75) is 130 Å². The summed E-state index contributed by atoms with van der Waals surface area (Å²) in [5.74, 6) is 0. The van der Waals surface area contributed by atoms with Gasteiger partial charge in [-0.1, -0.05) is 135 Å². The van der Waals surface area contributed by atoms with Crippen LogP contribution in [0.4, 0.5) is 0 Å². The molecule has 196 valence electrons. The van der Waals surface area contributed by atoms with Crippen molar-refractivity contribution < 1.29 is 21.7 Å². The summed E-state index contributed by atoms with van der Waals surface area (Å²) in [6.07, 6.45) is 38.5. The van der Waals surface area contributed by atoms with Gasteiger partial charge in [-0.3, -0.25) is 4.74 Å². The molecule has 1 aliphatic carbocycles. The molecule has 0 bridgehead atoms. The van der Waals surface area contributed by atoms with Crippen LogP contribution in [0.25, 0.3) is 0 Å². The van der Waals surface area contributed by atoms with Crippen molar-refractivity contribution in [3.8, 4) is 0 Å². The molecule has 3 heteroatoms. The molecule has 0 fully saturated rings. The van der Waals surface area contributed by atoms with Crippen molar-refractivity contribution >= 4 is 7.05 Å². The summed E-state index contributed by atoms with van der Waals surface area (Å²) in [7, 11) is -1.15. The van der Waals surface area contributed by atoms with Crippen LogP contribution in [0.3, 0.4) is 0 Å². The summed E-state index contributed by atoms with van der Waals surface area (Å²) in [6.45, 7) is 12.7. The van der Waals surface area contributed by atoms with Gasteiger partial charge in [-0.2, -0.15) is 0 Å². The van der Waals surface area contributed by atoms with Crippen LogP contribution in [-0.4, -0.2) is 18.5 Å². The van der Waals surface area contributed by atoms with Crippen LogP contribution in [0, 0.1) is 0 Å². The van der Waals surface area contributed by atoms with Crippen LogP contribution in [0.1, 0.15) is 130 Å². The molecule has 0 saturated carbocycles. The molecule has 0 N–H and O–H groups in total. The normalized spacial score (nSPS) is 12.8. The minimum Gasteiger partial charge on any atom is -0.272 e. The molecule has 0 amide bonds. The van der Waals surface area contributed by atoms with Crippen molar-refractivity contribution in [2.75, 3.05) is 18.5 Å². The molecule has 0 spiro atoms. The third-order valence-electron chi connectivity index (χ3n) is 6.37. The van der Waals surface area contributed by atoms with Crippen molar-refractivity contribution in [1.82, 2.24) is 0 Å². The molecule has 0 aromatic carbocycles. The van der Waals surface area contributed by atoms with E-state index in [1.165, 1.54) is 120 Å². The first kappa shape index (κ1) is 36.1.